The summed E-state index contributed by atoms with van der Waals surface area (Å²) in [6.45, 7) is 3.89. The summed E-state index contributed by atoms with van der Waals surface area (Å²) in [6, 6.07) is 7.50. The predicted molar refractivity (Wildman–Crippen MR) is 71.2 cm³/mol. The largest absolute Gasteiger partial charge is 0.365 e. The molecule has 3 atom stereocenters. The van der Waals surface area contributed by atoms with Crippen LogP contribution in [0.1, 0.15) is 38.3 Å². The smallest absolute Gasteiger partial charge is 0.253 e. The fourth-order valence-electron chi connectivity index (χ4n) is 2.22. The van der Waals surface area contributed by atoms with Gasteiger partial charge in [-0.3, -0.25) is 4.79 Å². The van der Waals surface area contributed by atoms with Crippen molar-refractivity contribution in [3.05, 3.63) is 29.8 Å². The third-order valence-electron chi connectivity index (χ3n) is 3.23. The summed E-state index contributed by atoms with van der Waals surface area (Å²) in [5.74, 6) is -0.0764. The molecule has 1 aliphatic heterocycles. The summed E-state index contributed by atoms with van der Waals surface area (Å²) in [6.07, 6.45) is 1.56. The van der Waals surface area contributed by atoms with Crippen molar-refractivity contribution in [2.45, 2.75) is 44.9 Å². The van der Waals surface area contributed by atoms with E-state index in [1.165, 1.54) is 0 Å². The average Bonchev–Trinajstić information content (AvgIpc) is 2.76. The SMILES string of the molecule is CC1CCC(C(=O)Nc2ccccc2C(C)N)O1. The van der Waals surface area contributed by atoms with Crippen LogP contribution in [0.3, 0.4) is 0 Å². The fraction of sp³-hybridized carbons (Fsp3) is 0.500. The molecule has 4 heteroatoms. The molecule has 1 aliphatic rings. The van der Waals surface area contributed by atoms with Gasteiger partial charge in [-0.25, -0.2) is 0 Å². The first-order chi connectivity index (χ1) is 8.58. The Bertz CT molecular complexity index is 432. The predicted octanol–water partition coefficient (Wildman–Crippen LogP) is 2.21. The highest BCUT2D eigenvalue weighted by Crippen LogP contribution is 2.24. The van der Waals surface area contributed by atoms with Gasteiger partial charge in [-0.05, 0) is 38.3 Å². The normalized spacial score (nSPS) is 24.8. The number of benzene rings is 1. The van der Waals surface area contributed by atoms with Gasteiger partial charge >= 0.3 is 0 Å². The molecule has 1 aromatic carbocycles. The maximum Gasteiger partial charge on any atom is 0.253 e. The van der Waals surface area contributed by atoms with Crippen molar-refractivity contribution in [1.29, 1.82) is 0 Å². The number of nitrogens with one attached hydrogen (secondary N) is 1. The van der Waals surface area contributed by atoms with Gasteiger partial charge < -0.3 is 15.8 Å². The average molecular weight is 248 g/mol. The minimum absolute atomic E-state index is 0.0764. The van der Waals surface area contributed by atoms with Crippen LogP contribution in [0.2, 0.25) is 0 Å². The van der Waals surface area contributed by atoms with Crippen LogP contribution in [-0.4, -0.2) is 18.1 Å². The van der Waals surface area contributed by atoms with Gasteiger partial charge in [0.15, 0.2) is 0 Å². The lowest BCUT2D eigenvalue weighted by Crippen LogP contribution is -2.28. The highest BCUT2D eigenvalue weighted by molar-refractivity contribution is 5.95. The Morgan fingerprint density at radius 2 is 2.17 bits per heavy atom. The van der Waals surface area contributed by atoms with Gasteiger partial charge in [0.1, 0.15) is 6.10 Å². The molecule has 0 saturated carbocycles. The van der Waals surface area contributed by atoms with Crippen molar-refractivity contribution < 1.29 is 9.53 Å². The maximum atomic E-state index is 12.1. The Morgan fingerprint density at radius 3 is 2.78 bits per heavy atom. The summed E-state index contributed by atoms with van der Waals surface area (Å²) in [5, 5.41) is 2.91. The van der Waals surface area contributed by atoms with E-state index < -0.39 is 0 Å². The van der Waals surface area contributed by atoms with E-state index in [1.54, 1.807) is 0 Å². The third kappa shape index (κ3) is 2.89. The molecule has 2 rings (SSSR count). The Morgan fingerprint density at radius 1 is 1.44 bits per heavy atom. The Labute approximate surface area is 108 Å². The molecule has 0 radical (unpaired) electrons. The number of rotatable bonds is 3. The molecule has 1 heterocycles. The molecule has 3 unspecified atom stereocenters. The number of para-hydroxylation sites is 1. The van der Waals surface area contributed by atoms with Gasteiger partial charge in [-0.2, -0.15) is 0 Å². The van der Waals surface area contributed by atoms with Crippen molar-refractivity contribution in [3.8, 4) is 0 Å². The quantitative estimate of drug-likeness (QED) is 0.862. The minimum Gasteiger partial charge on any atom is -0.365 e. The van der Waals surface area contributed by atoms with Crippen molar-refractivity contribution in [2.75, 3.05) is 5.32 Å². The van der Waals surface area contributed by atoms with Gasteiger partial charge in [-0.1, -0.05) is 18.2 Å². The molecule has 98 valence electrons. The molecule has 1 amide bonds. The zero-order valence-electron chi connectivity index (χ0n) is 10.8. The van der Waals surface area contributed by atoms with E-state index >= 15 is 0 Å². The number of carbonyl (C=O) groups is 1. The van der Waals surface area contributed by atoms with Crippen molar-refractivity contribution in [2.24, 2.45) is 5.73 Å². The number of anilines is 1. The van der Waals surface area contributed by atoms with E-state index in [9.17, 15) is 4.79 Å². The fourth-order valence-corrected chi connectivity index (χ4v) is 2.22. The first-order valence-corrected chi connectivity index (χ1v) is 6.38. The molecule has 3 N–H and O–H groups in total. The minimum atomic E-state index is -0.332. The number of hydrogen-bond acceptors (Lipinski definition) is 3. The number of amides is 1. The zero-order chi connectivity index (χ0) is 13.1. The van der Waals surface area contributed by atoms with Crippen LogP contribution in [0.25, 0.3) is 0 Å². The summed E-state index contributed by atoms with van der Waals surface area (Å²) < 4.78 is 5.55. The molecule has 0 bridgehead atoms. The Balaban J connectivity index is 2.07. The van der Waals surface area contributed by atoms with Gasteiger partial charge in [0.2, 0.25) is 0 Å². The van der Waals surface area contributed by atoms with Crippen LogP contribution in [-0.2, 0) is 9.53 Å². The molecule has 0 aromatic heterocycles. The summed E-state index contributed by atoms with van der Waals surface area (Å²) in [5.41, 5.74) is 7.60. The van der Waals surface area contributed by atoms with Crippen LogP contribution < -0.4 is 11.1 Å². The molecule has 18 heavy (non-hydrogen) atoms. The van der Waals surface area contributed by atoms with Crippen molar-refractivity contribution in [1.82, 2.24) is 0 Å². The Kier molecular flexibility index (Phi) is 3.99. The van der Waals surface area contributed by atoms with E-state index in [0.29, 0.717) is 0 Å². The summed E-state index contributed by atoms with van der Waals surface area (Å²) in [4.78, 5) is 12.1. The highest BCUT2D eigenvalue weighted by atomic mass is 16.5. The van der Waals surface area contributed by atoms with E-state index in [1.807, 2.05) is 38.1 Å². The van der Waals surface area contributed by atoms with Crippen LogP contribution in [0, 0.1) is 0 Å². The molecule has 1 aromatic rings. The second kappa shape index (κ2) is 5.50. The van der Waals surface area contributed by atoms with E-state index in [-0.39, 0.29) is 24.2 Å². The van der Waals surface area contributed by atoms with Crippen LogP contribution >= 0.6 is 0 Å². The monoisotopic (exact) mass is 248 g/mol. The number of carbonyl (C=O) groups excluding carboxylic acids is 1. The second-order valence-electron chi connectivity index (χ2n) is 4.88. The lowest BCUT2D eigenvalue weighted by Gasteiger charge is -2.16. The van der Waals surface area contributed by atoms with Crippen LogP contribution in [0.5, 0.6) is 0 Å². The molecule has 0 spiro atoms. The number of nitrogens with two attached hydrogens (primary N) is 1. The van der Waals surface area contributed by atoms with Crippen LogP contribution in [0.15, 0.2) is 24.3 Å². The lowest BCUT2D eigenvalue weighted by molar-refractivity contribution is -0.126. The third-order valence-corrected chi connectivity index (χ3v) is 3.23. The van der Waals surface area contributed by atoms with E-state index in [2.05, 4.69) is 5.32 Å². The molecular weight excluding hydrogens is 228 g/mol. The van der Waals surface area contributed by atoms with E-state index in [4.69, 9.17) is 10.5 Å². The number of hydrogen-bond donors (Lipinski definition) is 2. The molecule has 0 aliphatic carbocycles. The van der Waals surface area contributed by atoms with Gasteiger partial charge in [0.05, 0.1) is 6.10 Å². The van der Waals surface area contributed by atoms with Gasteiger partial charge in [-0.15, -0.1) is 0 Å². The molecule has 1 saturated heterocycles. The molecule has 4 nitrogen and oxygen atoms in total. The van der Waals surface area contributed by atoms with Crippen molar-refractivity contribution in [3.63, 3.8) is 0 Å². The summed E-state index contributed by atoms with van der Waals surface area (Å²) in [7, 11) is 0. The lowest BCUT2D eigenvalue weighted by atomic mass is 10.1. The zero-order valence-corrected chi connectivity index (χ0v) is 10.8. The second-order valence-corrected chi connectivity index (χ2v) is 4.88. The molecular formula is C14H20N2O2. The highest BCUT2D eigenvalue weighted by Gasteiger charge is 2.28. The summed E-state index contributed by atoms with van der Waals surface area (Å²) >= 11 is 0. The van der Waals surface area contributed by atoms with Crippen LogP contribution in [0.4, 0.5) is 5.69 Å². The first-order valence-electron chi connectivity index (χ1n) is 6.38. The Hall–Kier alpha value is -1.39. The van der Waals surface area contributed by atoms with E-state index in [0.717, 1.165) is 24.1 Å². The van der Waals surface area contributed by atoms with Gasteiger partial charge in [0.25, 0.3) is 5.91 Å². The van der Waals surface area contributed by atoms with Gasteiger partial charge in [0, 0.05) is 11.7 Å². The topological polar surface area (TPSA) is 64.4 Å². The first kappa shape index (κ1) is 13.1. The van der Waals surface area contributed by atoms with Crippen molar-refractivity contribution >= 4 is 11.6 Å². The standard InChI is InChI=1S/C14H20N2O2/c1-9-7-8-13(18-9)14(17)16-12-6-4-3-5-11(12)10(2)15/h3-6,9-10,13H,7-8,15H2,1-2H3,(H,16,17). The number of ether oxygens (including phenoxy) is 1. The maximum absolute atomic E-state index is 12.1. The molecule has 1 fully saturated rings.